The minimum absolute atomic E-state index is 0.0125. The van der Waals surface area contributed by atoms with Gasteiger partial charge in [-0.3, -0.25) is 9.78 Å². The molecule has 2 heterocycles. The Kier molecular flexibility index (Phi) is 2.71. The fraction of sp³-hybridized carbons (Fsp3) is 0.222. The molecule has 1 aliphatic carbocycles. The summed E-state index contributed by atoms with van der Waals surface area (Å²) in [5, 5.41) is 1.04. The number of benzene rings is 1. The van der Waals surface area contributed by atoms with E-state index < -0.39 is 0 Å². The number of rotatable bonds is 2. The Morgan fingerprint density at radius 3 is 2.77 bits per heavy atom. The molecule has 0 amide bonds. The Morgan fingerprint density at radius 1 is 1.18 bits per heavy atom. The van der Waals surface area contributed by atoms with Crippen LogP contribution < -0.4 is 11.3 Å². The van der Waals surface area contributed by atoms with Crippen molar-refractivity contribution in [1.29, 1.82) is 0 Å². The second kappa shape index (κ2) is 4.52. The summed E-state index contributed by atoms with van der Waals surface area (Å²) in [5.74, 6) is 0. The van der Waals surface area contributed by atoms with E-state index in [1.54, 1.807) is 17.7 Å². The van der Waals surface area contributed by atoms with E-state index in [1.165, 1.54) is 0 Å². The van der Waals surface area contributed by atoms with Gasteiger partial charge in [0.05, 0.1) is 5.52 Å². The van der Waals surface area contributed by atoms with E-state index in [2.05, 4.69) is 11.1 Å². The van der Waals surface area contributed by atoms with Crippen LogP contribution >= 0.6 is 0 Å². The largest absolute Gasteiger partial charge is 0.321 e. The molecule has 110 valence electrons. The summed E-state index contributed by atoms with van der Waals surface area (Å²) in [5.41, 5.74) is 10.1. The van der Waals surface area contributed by atoms with Gasteiger partial charge in [0.1, 0.15) is 0 Å². The molecule has 0 aliphatic heterocycles. The third-order valence-corrected chi connectivity index (χ3v) is 4.55. The molecular weight excluding hydrogens is 274 g/mol. The molecule has 0 spiro atoms. The van der Waals surface area contributed by atoms with Crippen LogP contribution in [0, 0.1) is 0 Å². The summed E-state index contributed by atoms with van der Waals surface area (Å²) in [7, 11) is 1.80. The van der Waals surface area contributed by atoms with Gasteiger partial charge in [0, 0.05) is 42.2 Å². The number of hydrogen-bond acceptors (Lipinski definition) is 3. The zero-order chi connectivity index (χ0) is 15.3. The summed E-state index contributed by atoms with van der Waals surface area (Å²) in [4.78, 5) is 16.3. The summed E-state index contributed by atoms with van der Waals surface area (Å²) < 4.78 is 1.69. The van der Waals surface area contributed by atoms with Gasteiger partial charge < -0.3 is 10.3 Å². The second-order valence-corrected chi connectivity index (χ2v) is 6.09. The van der Waals surface area contributed by atoms with Crippen molar-refractivity contribution >= 4 is 10.9 Å². The molecule has 1 aromatic carbocycles. The van der Waals surface area contributed by atoms with Crippen LogP contribution in [0.15, 0.2) is 53.6 Å². The quantitative estimate of drug-likeness (QED) is 0.789. The fourth-order valence-corrected chi connectivity index (χ4v) is 2.97. The molecule has 0 bridgehead atoms. The highest BCUT2D eigenvalue weighted by Crippen LogP contribution is 2.43. The average molecular weight is 291 g/mol. The number of nitrogens with two attached hydrogens (primary N) is 1. The molecule has 0 saturated heterocycles. The first-order valence-electron chi connectivity index (χ1n) is 7.42. The minimum atomic E-state index is -0.209. The van der Waals surface area contributed by atoms with Gasteiger partial charge in [-0.1, -0.05) is 18.2 Å². The van der Waals surface area contributed by atoms with E-state index in [0.717, 1.165) is 40.4 Å². The first kappa shape index (κ1) is 13.2. The molecule has 1 aliphatic rings. The smallest absolute Gasteiger partial charge is 0.250 e. The fourth-order valence-electron chi connectivity index (χ4n) is 2.97. The summed E-state index contributed by atoms with van der Waals surface area (Å²) in [6.07, 6.45) is 5.69. The van der Waals surface area contributed by atoms with Crippen molar-refractivity contribution in [3.63, 3.8) is 0 Å². The maximum absolute atomic E-state index is 12.0. The zero-order valence-corrected chi connectivity index (χ0v) is 12.4. The Hall–Kier alpha value is -2.46. The zero-order valence-electron chi connectivity index (χ0n) is 12.4. The minimum Gasteiger partial charge on any atom is -0.321 e. The Labute approximate surface area is 128 Å². The van der Waals surface area contributed by atoms with Crippen molar-refractivity contribution in [3.05, 3.63) is 64.7 Å². The van der Waals surface area contributed by atoms with Crippen molar-refractivity contribution in [2.75, 3.05) is 0 Å². The number of nitrogens with zero attached hydrogens (tertiary/aromatic N) is 2. The van der Waals surface area contributed by atoms with E-state index in [-0.39, 0.29) is 11.1 Å². The first-order valence-corrected chi connectivity index (χ1v) is 7.42. The number of hydrogen-bond donors (Lipinski definition) is 1. The molecule has 4 nitrogen and oxygen atoms in total. The van der Waals surface area contributed by atoms with Crippen LogP contribution in [0.3, 0.4) is 0 Å². The molecule has 1 saturated carbocycles. The van der Waals surface area contributed by atoms with Crippen molar-refractivity contribution in [3.8, 4) is 11.1 Å². The lowest BCUT2D eigenvalue weighted by Crippen LogP contribution is -2.19. The molecule has 0 atom stereocenters. The van der Waals surface area contributed by atoms with Crippen LogP contribution in [-0.4, -0.2) is 9.55 Å². The Bertz CT molecular complexity index is 938. The van der Waals surface area contributed by atoms with E-state index in [4.69, 9.17) is 5.73 Å². The van der Waals surface area contributed by atoms with Gasteiger partial charge in [0.2, 0.25) is 0 Å². The third-order valence-electron chi connectivity index (χ3n) is 4.55. The van der Waals surface area contributed by atoms with Gasteiger partial charge >= 0.3 is 0 Å². The lowest BCUT2D eigenvalue weighted by molar-refractivity contribution is 0.735. The van der Waals surface area contributed by atoms with Gasteiger partial charge in [0.25, 0.3) is 5.56 Å². The standard InChI is InChI=1S/C18H17N3O/c1-21-16(22)6-5-12-3-2-4-15(17(12)21)13-9-14(11-20-10-13)18(19)7-8-18/h2-6,9-11H,7-8,19H2,1H3. The highest BCUT2D eigenvalue weighted by Gasteiger charge is 2.40. The summed E-state index contributed by atoms with van der Waals surface area (Å²) >= 11 is 0. The lowest BCUT2D eigenvalue weighted by Gasteiger charge is -2.13. The topological polar surface area (TPSA) is 60.9 Å². The third kappa shape index (κ3) is 1.96. The second-order valence-electron chi connectivity index (χ2n) is 6.09. The molecular formula is C18H17N3O. The molecule has 2 aromatic heterocycles. The number of para-hydroxylation sites is 1. The average Bonchev–Trinajstić information content (AvgIpc) is 3.30. The maximum Gasteiger partial charge on any atom is 0.250 e. The first-order chi connectivity index (χ1) is 10.6. The molecule has 2 N–H and O–H groups in total. The van der Waals surface area contributed by atoms with Gasteiger partial charge in [-0.15, -0.1) is 0 Å². The van der Waals surface area contributed by atoms with Crippen LogP contribution in [-0.2, 0) is 12.6 Å². The van der Waals surface area contributed by atoms with Crippen LogP contribution in [0.1, 0.15) is 18.4 Å². The highest BCUT2D eigenvalue weighted by atomic mass is 16.1. The molecule has 4 rings (SSSR count). The monoisotopic (exact) mass is 291 g/mol. The van der Waals surface area contributed by atoms with Gasteiger partial charge in [-0.05, 0) is 35.9 Å². The summed E-state index contributed by atoms with van der Waals surface area (Å²) in [6, 6.07) is 11.6. The molecule has 1 fully saturated rings. The van der Waals surface area contributed by atoms with Crippen molar-refractivity contribution in [1.82, 2.24) is 9.55 Å². The number of fused-ring (bicyclic) bond motifs is 1. The van der Waals surface area contributed by atoms with E-state index in [1.807, 2.05) is 36.7 Å². The molecule has 0 unspecified atom stereocenters. The van der Waals surface area contributed by atoms with E-state index in [0.29, 0.717) is 0 Å². The number of pyridine rings is 2. The van der Waals surface area contributed by atoms with Crippen molar-refractivity contribution in [2.45, 2.75) is 18.4 Å². The number of aromatic nitrogens is 2. The highest BCUT2D eigenvalue weighted by molar-refractivity contribution is 5.93. The van der Waals surface area contributed by atoms with Crippen molar-refractivity contribution in [2.24, 2.45) is 12.8 Å². The van der Waals surface area contributed by atoms with Crippen molar-refractivity contribution < 1.29 is 0 Å². The summed E-state index contributed by atoms with van der Waals surface area (Å²) in [6.45, 7) is 0. The predicted molar refractivity (Wildman–Crippen MR) is 87.5 cm³/mol. The number of aryl methyl sites for hydroxylation is 1. The van der Waals surface area contributed by atoms with Crippen LogP contribution in [0.25, 0.3) is 22.0 Å². The Balaban J connectivity index is 1.99. The molecule has 22 heavy (non-hydrogen) atoms. The molecule has 3 aromatic rings. The lowest BCUT2D eigenvalue weighted by atomic mass is 9.99. The van der Waals surface area contributed by atoms with Crippen LogP contribution in [0.4, 0.5) is 0 Å². The maximum atomic E-state index is 12.0. The predicted octanol–water partition coefficient (Wildman–Crippen LogP) is 2.55. The SMILES string of the molecule is Cn1c(=O)ccc2cccc(-c3cncc(C4(N)CC4)c3)c21. The van der Waals surface area contributed by atoms with E-state index >= 15 is 0 Å². The normalized spacial score (nSPS) is 15.9. The van der Waals surface area contributed by atoms with Crippen LogP contribution in [0.2, 0.25) is 0 Å². The van der Waals surface area contributed by atoms with E-state index in [9.17, 15) is 4.79 Å². The van der Waals surface area contributed by atoms with Gasteiger partial charge in [-0.2, -0.15) is 0 Å². The molecule has 0 radical (unpaired) electrons. The van der Waals surface area contributed by atoms with Crippen LogP contribution in [0.5, 0.6) is 0 Å². The van der Waals surface area contributed by atoms with Gasteiger partial charge in [-0.25, -0.2) is 0 Å². The molecule has 4 heteroatoms. The Morgan fingerprint density at radius 2 is 2.00 bits per heavy atom. The van der Waals surface area contributed by atoms with Gasteiger partial charge in [0.15, 0.2) is 0 Å².